The van der Waals surface area contributed by atoms with Crippen molar-refractivity contribution in [2.24, 2.45) is 0 Å². The van der Waals surface area contributed by atoms with Gasteiger partial charge in [0, 0.05) is 31.3 Å². The lowest BCUT2D eigenvalue weighted by molar-refractivity contribution is 0.484. The summed E-state index contributed by atoms with van der Waals surface area (Å²) in [4.78, 5) is 25.0. The van der Waals surface area contributed by atoms with Crippen molar-refractivity contribution in [3.8, 4) is 21.8 Å². The van der Waals surface area contributed by atoms with Gasteiger partial charge in [-0.2, -0.15) is 0 Å². The van der Waals surface area contributed by atoms with Gasteiger partial charge in [0.25, 0.3) is 5.56 Å². The van der Waals surface area contributed by atoms with Gasteiger partial charge in [0.05, 0.1) is 17.9 Å². The van der Waals surface area contributed by atoms with Gasteiger partial charge in [-0.3, -0.25) is 9.36 Å². The van der Waals surface area contributed by atoms with Gasteiger partial charge >= 0.3 is 0 Å². The number of hydrogen-bond donors (Lipinski definition) is 0. The molecule has 0 atom stereocenters. The van der Waals surface area contributed by atoms with Crippen LogP contribution >= 0.6 is 34.3 Å². The fraction of sp³-hybridized carbons (Fsp3) is 0.0952. The van der Waals surface area contributed by atoms with Gasteiger partial charge < -0.3 is 4.42 Å². The second-order valence-electron chi connectivity index (χ2n) is 6.54. The molecular weight excluding hydrogens is 426 g/mol. The lowest BCUT2D eigenvalue weighted by Crippen LogP contribution is -2.21. The van der Waals surface area contributed by atoms with Gasteiger partial charge in [0.2, 0.25) is 5.89 Å². The van der Waals surface area contributed by atoms with Crippen LogP contribution in [0.4, 0.5) is 0 Å². The SMILES string of the molecule is Cc1ccc(-c2csc3ncn(Cc4ncc(-c5ccc(Cl)cc5)o4)c(=O)c23)s1. The van der Waals surface area contributed by atoms with E-state index >= 15 is 0 Å². The maximum atomic E-state index is 13.2. The molecule has 29 heavy (non-hydrogen) atoms. The average Bonchev–Trinajstić information content (AvgIpc) is 3.44. The Balaban J connectivity index is 1.51. The topological polar surface area (TPSA) is 60.9 Å². The molecule has 0 saturated heterocycles. The molecule has 5 nitrogen and oxygen atoms in total. The number of oxazole rings is 1. The summed E-state index contributed by atoms with van der Waals surface area (Å²) in [6, 6.07) is 11.4. The maximum Gasteiger partial charge on any atom is 0.263 e. The van der Waals surface area contributed by atoms with Gasteiger partial charge in [0.1, 0.15) is 11.4 Å². The minimum absolute atomic E-state index is 0.0939. The van der Waals surface area contributed by atoms with E-state index in [-0.39, 0.29) is 12.1 Å². The van der Waals surface area contributed by atoms with Crippen molar-refractivity contribution in [1.29, 1.82) is 0 Å². The first-order chi connectivity index (χ1) is 14.1. The molecule has 0 unspecified atom stereocenters. The summed E-state index contributed by atoms with van der Waals surface area (Å²) in [7, 11) is 0. The molecule has 5 rings (SSSR count). The first-order valence-corrected chi connectivity index (χ1v) is 10.9. The largest absolute Gasteiger partial charge is 0.439 e. The maximum absolute atomic E-state index is 13.2. The Hall–Kier alpha value is -2.74. The van der Waals surface area contributed by atoms with Crippen LogP contribution in [0.15, 0.2) is 63.5 Å². The first kappa shape index (κ1) is 18.3. The number of nitrogens with zero attached hydrogens (tertiary/aromatic N) is 3. The Bertz CT molecular complexity index is 1380. The van der Waals surface area contributed by atoms with Crippen LogP contribution < -0.4 is 5.56 Å². The zero-order chi connectivity index (χ0) is 20.0. The Morgan fingerprint density at radius 3 is 2.72 bits per heavy atom. The van der Waals surface area contributed by atoms with Gasteiger partial charge in [-0.25, -0.2) is 9.97 Å². The van der Waals surface area contributed by atoms with Crippen LogP contribution in [0.1, 0.15) is 10.8 Å². The number of halogens is 1. The highest BCUT2D eigenvalue weighted by molar-refractivity contribution is 7.19. The third-order valence-electron chi connectivity index (χ3n) is 4.55. The summed E-state index contributed by atoms with van der Waals surface area (Å²) in [5, 5.41) is 3.30. The Morgan fingerprint density at radius 2 is 1.97 bits per heavy atom. The smallest absolute Gasteiger partial charge is 0.263 e. The number of aryl methyl sites for hydroxylation is 1. The lowest BCUT2D eigenvalue weighted by Gasteiger charge is -2.03. The monoisotopic (exact) mass is 439 g/mol. The van der Waals surface area contributed by atoms with Crippen LogP contribution in [0.3, 0.4) is 0 Å². The molecule has 0 fully saturated rings. The van der Waals surface area contributed by atoms with E-state index in [1.54, 1.807) is 36.0 Å². The molecule has 5 aromatic rings. The molecule has 0 radical (unpaired) electrons. The molecule has 4 heterocycles. The van der Waals surface area contributed by atoms with Crippen molar-refractivity contribution < 1.29 is 4.42 Å². The van der Waals surface area contributed by atoms with Crippen LogP contribution in [0.5, 0.6) is 0 Å². The van der Waals surface area contributed by atoms with Gasteiger partial charge in [-0.15, -0.1) is 22.7 Å². The average molecular weight is 440 g/mol. The van der Waals surface area contributed by atoms with Crippen LogP contribution in [-0.2, 0) is 6.54 Å². The molecule has 0 amide bonds. The zero-order valence-corrected chi connectivity index (χ0v) is 17.6. The van der Waals surface area contributed by atoms with Crippen LogP contribution in [0.25, 0.3) is 32.0 Å². The molecular formula is C21H14ClN3O2S2. The highest BCUT2D eigenvalue weighted by atomic mass is 35.5. The summed E-state index contributed by atoms with van der Waals surface area (Å²) in [5.41, 5.74) is 1.72. The molecule has 0 saturated carbocycles. The molecule has 8 heteroatoms. The Kier molecular flexibility index (Phi) is 4.58. The van der Waals surface area contributed by atoms with Crippen LogP contribution in [0.2, 0.25) is 5.02 Å². The van der Waals surface area contributed by atoms with Crippen molar-refractivity contribution in [3.63, 3.8) is 0 Å². The number of thiophene rings is 2. The van der Waals surface area contributed by atoms with E-state index in [0.29, 0.717) is 22.1 Å². The third-order valence-corrected chi connectivity index (χ3v) is 6.73. The molecule has 0 bridgehead atoms. The van der Waals surface area contributed by atoms with E-state index in [0.717, 1.165) is 20.8 Å². The summed E-state index contributed by atoms with van der Waals surface area (Å²) in [6.45, 7) is 2.27. The van der Waals surface area contributed by atoms with Crippen molar-refractivity contribution in [1.82, 2.24) is 14.5 Å². The number of hydrogen-bond acceptors (Lipinski definition) is 6. The fourth-order valence-electron chi connectivity index (χ4n) is 3.12. The van der Waals surface area contributed by atoms with Crippen LogP contribution in [-0.4, -0.2) is 14.5 Å². The number of aromatic nitrogens is 3. The van der Waals surface area contributed by atoms with Gasteiger partial charge in [-0.05, 0) is 43.3 Å². The van der Waals surface area contributed by atoms with E-state index in [1.807, 2.05) is 23.6 Å². The van der Waals surface area contributed by atoms with Crippen LogP contribution in [0, 0.1) is 6.92 Å². The number of fused-ring (bicyclic) bond motifs is 1. The molecule has 0 aliphatic heterocycles. The summed E-state index contributed by atoms with van der Waals surface area (Å²) in [5.74, 6) is 1.07. The predicted octanol–water partition coefficient (Wildman–Crippen LogP) is 5.85. The highest BCUT2D eigenvalue weighted by Gasteiger charge is 2.16. The first-order valence-electron chi connectivity index (χ1n) is 8.82. The van der Waals surface area contributed by atoms with Crippen molar-refractivity contribution in [2.75, 3.05) is 0 Å². The number of rotatable bonds is 4. The fourth-order valence-corrected chi connectivity index (χ4v) is 5.11. The minimum Gasteiger partial charge on any atom is -0.439 e. The van der Waals surface area contributed by atoms with E-state index < -0.39 is 0 Å². The summed E-state index contributed by atoms with van der Waals surface area (Å²) < 4.78 is 7.38. The summed E-state index contributed by atoms with van der Waals surface area (Å²) in [6.07, 6.45) is 3.21. The second kappa shape index (κ2) is 7.26. The quantitative estimate of drug-likeness (QED) is 0.352. The van der Waals surface area contributed by atoms with Crippen molar-refractivity contribution in [2.45, 2.75) is 13.5 Å². The second-order valence-corrected chi connectivity index (χ2v) is 9.13. The van der Waals surface area contributed by atoms with E-state index in [9.17, 15) is 4.79 Å². The predicted molar refractivity (Wildman–Crippen MR) is 118 cm³/mol. The van der Waals surface area contributed by atoms with E-state index in [4.69, 9.17) is 16.0 Å². The summed E-state index contributed by atoms with van der Waals surface area (Å²) >= 11 is 9.09. The van der Waals surface area contributed by atoms with E-state index in [2.05, 4.69) is 23.0 Å². The molecule has 1 aromatic carbocycles. The Labute approximate surface area is 178 Å². The van der Waals surface area contributed by atoms with E-state index in [1.165, 1.54) is 20.8 Å². The number of benzene rings is 1. The van der Waals surface area contributed by atoms with Crippen molar-refractivity contribution >= 4 is 44.5 Å². The minimum atomic E-state index is -0.0939. The molecule has 4 aromatic heterocycles. The lowest BCUT2D eigenvalue weighted by atomic mass is 10.2. The van der Waals surface area contributed by atoms with Gasteiger partial charge in [0.15, 0.2) is 5.76 Å². The molecule has 0 N–H and O–H groups in total. The highest BCUT2D eigenvalue weighted by Crippen LogP contribution is 2.35. The third kappa shape index (κ3) is 3.42. The van der Waals surface area contributed by atoms with Crippen molar-refractivity contribution in [3.05, 3.63) is 80.4 Å². The standard InChI is InChI=1S/C21H14ClN3O2S2/c1-12-2-7-17(29-12)15-10-28-20-19(15)21(26)25(11-24-20)9-18-23-8-16(27-18)13-3-5-14(22)6-4-13/h2-8,10-11H,9H2,1H3. The molecule has 144 valence electrons. The molecule has 0 aliphatic carbocycles. The van der Waals surface area contributed by atoms with Gasteiger partial charge in [-0.1, -0.05) is 11.6 Å². The normalized spacial score (nSPS) is 11.4. The molecule has 0 aliphatic rings. The Morgan fingerprint density at radius 1 is 1.14 bits per heavy atom. The zero-order valence-electron chi connectivity index (χ0n) is 15.3. The molecule has 0 spiro atoms.